The van der Waals surface area contributed by atoms with Gasteiger partial charge < -0.3 is 14.9 Å². The van der Waals surface area contributed by atoms with Crippen LogP contribution < -0.4 is 5.32 Å². The Kier molecular flexibility index (Phi) is 4.50. The van der Waals surface area contributed by atoms with Gasteiger partial charge in [0.2, 0.25) is 5.88 Å². The average Bonchev–Trinajstić information content (AvgIpc) is 3.09. The number of nitrogens with one attached hydrogen (secondary N) is 1. The summed E-state index contributed by atoms with van der Waals surface area (Å²) in [6.07, 6.45) is 0.806. The number of aromatic hydroxyl groups is 1. The lowest BCUT2D eigenvalue weighted by Gasteiger charge is -2.34. The number of allylic oxidation sites excluding steroid dienone is 2. The minimum Gasteiger partial charge on any atom is -0.508 e. The van der Waals surface area contributed by atoms with Gasteiger partial charge in [0.25, 0.3) is 0 Å². The molecule has 1 aliphatic carbocycles. The molecule has 2 atom stereocenters. The molecule has 7 heteroatoms. The molecule has 2 aromatic carbocycles. The van der Waals surface area contributed by atoms with Gasteiger partial charge in [-0.25, -0.2) is 4.39 Å². The van der Waals surface area contributed by atoms with Crippen LogP contribution in [0.4, 0.5) is 10.3 Å². The molecule has 2 heterocycles. The molecule has 152 valence electrons. The fourth-order valence-corrected chi connectivity index (χ4v) is 4.80. The number of rotatable bonds is 2. The van der Waals surface area contributed by atoms with Crippen LogP contribution in [0.3, 0.4) is 0 Å². The maximum atomic E-state index is 14.4. The van der Waals surface area contributed by atoms with Gasteiger partial charge in [-0.15, -0.1) is 0 Å². The lowest BCUT2D eigenvalue weighted by Crippen LogP contribution is -2.29. The molecule has 2 N–H and O–H groups in total. The summed E-state index contributed by atoms with van der Waals surface area (Å²) >= 11 is 3.19. The molecule has 3 aromatic rings. The van der Waals surface area contributed by atoms with E-state index >= 15 is 0 Å². The Labute approximate surface area is 180 Å². The van der Waals surface area contributed by atoms with Crippen molar-refractivity contribution >= 4 is 27.6 Å². The number of fused-ring (bicyclic) bond motifs is 1. The predicted molar refractivity (Wildman–Crippen MR) is 113 cm³/mol. The molecule has 5 nitrogen and oxygen atoms in total. The summed E-state index contributed by atoms with van der Waals surface area (Å²) in [5.74, 6) is -0.375. The number of carbonyl (C=O) groups is 1. The molecule has 2 aliphatic rings. The van der Waals surface area contributed by atoms with Gasteiger partial charge in [-0.1, -0.05) is 29.4 Å². The first-order valence-corrected chi connectivity index (χ1v) is 10.5. The summed E-state index contributed by atoms with van der Waals surface area (Å²) in [6.45, 7) is 1.82. The number of ketones is 1. The molecular formula is C23H18BrFN2O3. The summed E-state index contributed by atoms with van der Waals surface area (Å²) in [7, 11) is 0. The van der Waals surface area contributed by atoms with Gasteiger partial charge >= 0.3 is 0 Å². The summed E-state index contributed by atoms with van der Waals surface area (Å²) in [6, 6.07) is 12.0. The van der Waals surface area contributed by atoms with Crippen LogP contribution in [0.1, 0.15) is 47.1 Å². The third kappa shape index (κ3) is 2.96. The van der Waals surface area contributed by atoms with E-state index in [4.69, 9.17) is 4.52 Å². The van der Waals surface area contributed by atoms with Crippen LogP contribution in [0.25, 0.3) is 0 Å². The van der Waals surface area contributed by atoms with Gasteiger partial charge in [-0.2, -0.15) is 0 Å². The van der Waals surface area contributed by atoms with Crippen molar-refractivity contribution in [2.45, 2.75) is 31.6 Å². The van der Waals surface area contributed by atoms with E-state index in [2.05, 4.69) is 26.4 Å². The van der Waals surface area contributed by atoms with Crippen molar-refractivity contribution in [2.75, 3.05) is 5.32 Å². The molecule has 0 saturated heterocycles. The van der Waals surface area contributed by atoms with Crippen LogP contribution >= 0.6 is 15.9 Å². The fraction of sp³-hybridized carbons (Fsp3) is 0.217. The van der Waals surface area contributed by atoms with Crippen molar-refractivity contribution in [2.24, 2.45) is 0 Å². The van der Waals surface area contributed by atoms with E-state index in [-0.39, 0.29) is 29.7 Å². The number of hydrogen-bond donors (Lipinski definition) is 2. The van der Waals surface area contributed by atoms with E-state index in [1.165, 1.54) is 6.07 Å². The van der Waals surface area contributed by atoms with E-state index in [1.54, 1.807) is 18.2 Å². The van der Waals surface area contributed by atoms with Crippen LogP contribution in [-0.4, -0.2) is 16.0 Å². The fourth-order valence-electron chi connectivity index (χ4n) is 4.55. The number of nitrogens with zero attached hydrogens (tertiary/aromatic N) is 1. The SMILES string of the molecule is Cc1noc2c1[C@@H](c1ccc(Br)c(F)c1)C1=C(C[C@H](c3ccccc3O)CC1=O)N2. The normalized spacial score (nSPS) is 20.6. The van der Waals surface area contributed by atoms with E-state index < -0.39 is 5.92 Å². The van der Waals surface area contributed by atoms with Gasteiger partial charge in [-0.3, -0.25) is 4.79 Å². The summed E-state index contributed by atoms with van der Waals surface area (Å²) in [5, 5.41) is 17.6. The molecule has 0 amide bonds. The Morgan fingerprint density at radius 2 is 2.03 bits per heavy atom. The molecule has 0 fully saturated rings. The average molecular weight is 469 g/mol. The monoisotopic (exact) mass is 468 g/mol. The molecule has 5 rings (SSSR count). The first-order chi connectivity index (χ1) is 14.4. The summed E-state index contributed by atoms with van der Waals surface area (Å²) in [5.41, 5.74) is 4.17. The smallest absolute Gasteiger partial charge is 0.233 e. The Hall–Kier alpha value is -2.93. The molecule has 0 radical (unpaired) electrons. The first-order valence-electron chi connectivity index (χ1n) is 9.66. The Morgan fingerprint density at radius 3 is 2.80 bits per heavy atom. The third-order valence-electron chi connectivity index (χ3n) is 5.91. The van der Waals surface area contributed by atoms with Crippen molar-refractivity contribution < 1.29 is 18.8 Å². The van der Waals surface area contributed by atoms with E-state index in [0.29, 0.717) is 33.6 Å². The number of phenols is 1. The van der Waals surface area contributed by atoms with Crippen molar-refractivity contribution in [1.82, 2.24) is 5.16 Å². The molecule has 0 bridgehead atoms. The van der Waals surface area contributed by atoms with Crippen LogP contribution in [0.2, 0.25) is 0 Å². The van der Waals surface area contributed by atoms with Crippen molar-refractivity contribution in [1.29, 1.82) is 0 Å². The van der Waals surface area contributed by atoms with Gasteiger partial charge in [0, 0.05) is 29.5 Å². The Bertz CT molecular complexity index is 1220. The van der Waals surface area contributed by atoms with Crippen LogP contribution in [0, 0.1) is 12.7 Å². The summed E-state index contributed by atoms with van der Waals surface area (Å²) in [4.78, 5) is 13.4. The number of aromatic nitrogens is 1. The lowest BCUT2D eigenvalue weighted by atomic mass is 9.72. The zero-order chi connectivity index (χ0) is 21.0. The lowest BCUT2D eigenvalue weighted by molar-refractivity contribution is -0.116. The molecule has 30 heavy (non-hydrogen) atoms. The maximum Gasteiger partial charge on any atom is 0.233 e. The summed E-state index contributed by atoms with van der Waals surface area (Å²) < 4.78 is 20.2. The van der Waals surface area contributed by atoms with Crippen LogP contribution in [-0.2, 0) is 4.79 Å². The highest BCUT2D eigenvalue weighted by Crippen LogP contribution is 2.49. The van der Waals surface area contributed by atoms with Gasteiger partial charge in [0.1, 0.15) is 11.6 Å². The molecule has 0 unspecified atom stereocenters. The molecule has 1 aliphatic heterocycles. The number of aryl methyl sites for hydroxylation is 1. The Balaban J connectivity index is 1.64. The zero-order valence-electron chi connectivity index (χ0n) is 16.1. The molecular weight excluding hydrogens is 451 g/mol. The minimum atomic E-state index is -0.456. The number of phenolic OH excluding ortho intramolecular Hbond substituents is 1. The number of hydrogen-bond acceptors (Lipinski definition) is 5. The molecule has 0 spiro atoms. The number of benzene rings is 2. The van der Waals surface area contributed by atoms with Gasteiger partial charge in [0.05, 0.1) is 15.7 Å². The highest BCUT2D eigenvalue weighted by atomic mass is 79.9. The second-order valence-corrected chi connectivity index (χ2v) is 8.58. The largest absolute Gasteiger partial charge is 0.508 e. The van der Waals surface area contributed by atoms with Crippen LogP contribution in [0.5, 0.6) is 5.75 Å². The van der Waals surface area contributed by atoms with Gasteiger partial charge in [0.15, 0.2) is 5.78 Å². The maximum absolute atomic E-state index is 14.4. The van der Waals surface area contributed by atoms with E-state index in [1.807, 2.05) is 25.1 Å². The standard InChI is InChI=1S/C23H18BrFN2O3/c1-11-20-21(12-6-7-15(24)16(25)8-12)22-17(26-23(20)30-27-11)9-13(10-19(22)29)14-4-2-3-5-18(14)28/h2-8,13,21,26,28H,9-10H2,1H3/t13-,21+/m0/s1. The van der Waals surface area contributed by atoms with Crippen molar-refractivity contribution in [3.8, 4) is 5.75 Å². The van der Waals surface area contributed by atoms with Crippen molar-refractivity contribution in [3.05, 3.63) is 86.4 Å². The number of halogens is 2. The number of carbonyl (C=O) groups excluding carboxylic acids is 1. The highest BCUT2D eigenvalue weighted by molar-refractivity contribution is 9.10. The quantitative estimate of drug-likeness (QED) is 0.515. The second-order valence-electron chi connectivity index (χ2n) is 7.72. The Morgan fingerprint density at radius 1 is 1.23 bits per heavy atom. The van der Waals surface area contributed by atoms with Crippen molar-refractivity contribution in [3.63, 3.8) is 0 Å². The second kappa shape index (κ2) is 7.09. The zero-order valence-corrected chi connectivity index (χ0v) is 17.7. The predicted octanol–water partition coefficient (Wildman–Crippen LogP) is 5.55. The van der Waals surface area contributed by atoms with E-state index in [0.717, 1.165) is 16.8 Å². The molecule has 0 saturated carbocycles. The molecule has 1 aromatic heterocycles. The van der Waals surface area contributed by atoms with E-state index in [9.17, 15) is 14.3 Å². The topological polar surface area (TPSA) is 75.4 Å². The highest BCUT2D eigenvalue weighted by Gasteiger charge is 2.41. The van der Waals surface area contributed by atoms with Crippen LogP contribution in [0.15, 0.2) is 62.7 Å². The van der Waals surface area contributed by atoms with Gasteiger partial charge in [-0.05, 0) is 58.6 Å². The number of anilines is 1. The third-order valence-corrected chi connectivity index (χ3v) is 6.55. The number of para-hydroxylation sites is 1. The minimum absolute atomic E-state index is 0.0309. The number of Topliss-reactive ketones (excluding diaryl/α,β-unsaturated/α-hetero) is 1. The first kappa shape index (κ1) is 19.1.